The van der Waals surface area contributed by atoms with Crippen molar-refractivity contribution < 1.29 is 0 Å². The normalized spacial score (nSPS) is 31.7. The van der Waals surface area contributed by atoms with Crippen LogP contribution < -0.4 is 5.32 Å². The highest BCUT2D eigenvalue weighted by atomic mass is 14.9. The van der Waals surface area contributed by atoms with Crippen LogP contribution in [-0.2, 0) is 0 Å². The minimum atomic E-state index is 0.629. The summed E-state index contributed by atoms with van der Waals surface area (Å²) in [5, 5.41) is 3.71. The zero-order valence-corrected chi connectivity index (χ0v) is 11.4. The predicted molar refractivity (Wildman–Crippen MR) is 76.7 cm³/mol. The number of fused-ring (bicyclic) bond motifs is 2. The fourth-order valence-electron chi connectivity index (χ4n) is 4.01. The number of nitrogens with one attached hydrogen (secondary N) is 1. The van der Waals surface area contributed by atoms with E-state index in [4.69, 9.17) is 0 Å². The summed E-state index contributed by atoms with van der Waals surface area (Å²) in [6, 6.07) is 10.9. The summed E-state index contributed by atoms with van der Waals surface area (Å²) >= 11 is 0. The molecule has 2 fully saturated rings. The summed E-state index contributed by atoms with van der Waals surface area (Å²) in [5.41, 5.74) is 1.46. The molecule has 1 heteroatoms. The minimum Gasteiger partial charge on any atom is -0.316 e. The quantitative estimate of drug-likeness (QED) is 0.829. The van der Waals surface area contributed by atoms with Gasteiger partial charge in [-0.15, -0.1) is 0 Å². The lowest BCUT2D eigenvalue weighted by Crippen LogP contribution is -2.29. The molecule has 2 aliphatic rings. The molecular formula is C17H25N. The van der Waals surface area contributed by atoms with Gasteiger partial charge in [-0.2, -0.15) is 0 Å². The van der Waals surface area contributed by atoms with Gasteiger partial charge >= 0.3 is 0 Å². The predicted octanol–water partition coefficient (Wildman–Crippen LogP) is 3.82. The molecule has 0 spiro atoms. The van der Waals surface area contributed by atoms with Crippen molar-refractivity contribution in [3.63, 3.8) is 0 Å². The lowest BCUT2D eigenvalue weighted by atomic mass is 9.88. The highest BCUT2D eigenvalue weighted by Crippen LogP contribution is 2.47. The third-order valence-corrected chi connectivity index (χ3v) is 5.11. The fourth-order valence-corrected chi connectivity index (χ4v) is 4.01. The Hall–Kier alpha value is -0.820. The lowest BCUT2D eigenvalue weighted by molar-refractivity contribution is 0.317. The first kappa shape index (κ1) is 12.2. The second-order valence-corrected chi connectivity index (χ2v) is 6.40. The average Bonchev–Trinajstić information content (AvgIpc) is 3.02. The van der Waals surface area contributed by atoms with Crippen molar-refractivity contribution in [3.05, 3.63) is 35.9 Å². The fraction of sp³-hybridized carbons (Fsp3) is 0.647. The van der Waals surface area contributed by atoms with Gasteiger partial charge in [0, 0.05) is 6.54 Å². The van der Waals surface area contributed by atoms with Crippen LogP contribution in [0.15, 0.2) is 30.3 Å². The van der Waals surface area contributed by atoms with Crippen molar-refractivity contribution in [2.75, 3.05) is 13.1 Å². The van der Waals surface area contributed by atoms with Crippen LogP contribution in [-0.4, -0.2) is 13.1 Å². The molecule has 1 nitrogen and oxygen atoms in total. The minimum absolute atomic E-state index is 0.629. The van der Waals surface area contributed by atoms with Gasteiger partial charge in [0.15, 0.2) is 0 Å². The second-order valence-electron chi connectivity index (χ2n) is 6.40. The molecule has 4 unspecified atom stereocenters. The molecule has 0 heterocycles. The van der Waals surface area contributed by atoms with Crippen molar-refractivity contribution in [1.82, 2.24) is 5.32 Å². The molecule has 0 aromatic heterocycles. The van der Waals surface area contributed by atoms with Crippen LogP contribution in [0.25, 0.3) is 0 Å². The number of hydrogen-bond donors (Lipinski definition) is 1. The smallest absolute Gasteiger partial charge is 0.00176 e. The Kier molecular flexibility index (Phi) is 3.69. The molecule has 98 valence electrons. The van der Waals surface area contributed by atoms with Gasteiger partial charge in [-0.3, -0.25) is 0 Å². The maximum absolute atomic E-state index is 3.71. The van der Waals surface area contributed by atoms with Gasteiger partial charge in [0.05, 0.1) is 0 Å². The van der Waals surface area contributed by atoms with Crippen molar-refractivity contribution in [3.8, 4) is 0 Å². The molecular weight excluding hydrogens is 218 g/mol. The van der Waals surface area contributed by atoms with Crippen LogP contribution in [0.3, 0.4) is 0 Å². The van der Waals surface area contributed by atoms with E-state index in [-0.39, 0.29) is 0 Å². The van der Waals surface area contributed by atoms with Crippen LogP contribution in [0.2, 0.25) is 0 Å². The molecule has 0 saturated heterocycles. The topological polar surface area (TPSA) is 12.0 Å². The highest BCUT2D eigenvalue weighted by molar-refractivity contribution is 5.18. The first-order valence-corrected chi connectivity index (χ1v) is 7.58. The zero-order chi connectivity index (χ0) is 12.4. The van der Waals surface area contributed by atoms with E-state index in [0.717, 1.165) is 24.3 Å². The van der Waals surface area contributed by atoms with Gasteiger partial charge in [0.1, 0.15) is 0 Å². The molecule has 1 aromatic rings. The maximum atomic E-state index is 3.71. The number of benzene rings is 1. The Balaban J connectivity index is 1.42. The van der Waals surface area contributed by atoms with Crippen LogP contribution in [0.5, 0.6) is 0 Å². The van der Waals surface area contributed by atoms with Crippen LogP contribution in [0.4, 0.5) is 0 Å². The van der Waals surface area contributed by atoms with Crippen LogP contribution in [0, 0.1) is 17.8 Å². The average molecular weight is 243 g/mol. The summed E-state index contributed by atoms with van der Waals surface area (Å²) in [5.74, 6) is 3.74. The van der Waals surface area contributed by atoms with Gasteiger partial charge in [-0.05, 0) is 55.0 Å². The van der Waals surface area contributed by atoms with Gasteiger partial charge in [-0.25, -0.2) is 0 Å². The zero-order valence-electron chi connectivity index (χ0n) is 11.4. The molecule has 1 N–H and O–H groups in total. The van der Waals surface area contributed by atoms with E-state index in [1.54, 1.807) is 0 Å². The van der Waals surface area contributed by atoms with Gasteiger partial charge < -0.3 is 5.32 Å². The van der Waals surface area contributed by atoms with E-state index < -0.39 is 0 Å². The first-order chi connectivity index (χ1) is 8.83. The second kappa shape index (κ2) is 5.44. The van der Waals surface area contributed by atoms with E-state index in [2.05, 4.69) is 42.6 Å². The maximum Gasteiger partial charge on any atom is 0.00176 e. The Labute approximate surface area is 111 Å². The largest absolute Gasteiger partial charge is 0.316 e. The molecule has 2 aliphatic carbocycles. The van der Waals surface area contributed by atoms with E-state index in [0.29, 0.717) is 5.92 Å². The van der Waals surface area contributed by atoms with Gasteiger partial charge in [0.2, 0.25) is 0 Å². The molecule has 1 aromatic carbocycles. The van der Waals surface area contributed by atoms with Crippen molar-refractivity contribution in [1.29, 1.82) is 0 Å². The van der Waals surface area contributed by atoms with E-state index in [1.807, 2.05) is 0 Å². The summed E-state index contributed by atoms with van der Waals surface area (Å²) in [6.07, 6.45) is 6.05. The highest BCUT2D eigenvalue weighted by Gasteiger charge is 2.38. The molecule has 2 bridgehead atoms. The van der Waals surface area contributed by atoms with Crippen molar-refractivity contribution in [2.45, 2.75) is 38.5 Å². The first-order valence-electron chi connectivity index (χ1n) is 7.58. The summed E-state index contributed by atoms with van der Waals surface area (Å²) < 4.78 is 0. The number of rotatable bonds is 5. The molecule has 0 radical (unpaired) electrons. The van der Waals surface area contributed by atoms with Crippen molar-refractivity contribution in [2.24, 2.45) is 17.8 Å². The van der Waals surface area contributed by atoms with E-state index >= 15 is 0 Å². The third-order valence-electron chi connectivity index (χ3n) is 5.11. The van der Waals surface area contributed by atoms with Crippen LogP contribution >= 0.6 is 0 Å². The standard InChI is InChI=1S/C17H25N/c1-13(15-5-3-2-4-6-15)11-18-12-17-10-14-7-8-16(17)9-14/h2-6,13-14,16-18H,7-12H2,1H3. The molecule has 0 amide bonds. The molecule has 18 heavy (non-hydrogen) atoms. The molecule has 3 rings (SSSR count). The third kappa shape index (κ3) is 2.61. The Morgan fingerprint density at radius 3 is 2.67 bits per heavy atom. The number of hydrogen-bond acceptors (Lipinski definition) is 1. The Morgan fingerprint density at radius 2 is 2.00 bits per heavy atom. The monoisotopic (exact) mass is 243 g/mol. The van der Waals surface area contributed by atoms with E-state index in [9.17, 15) is 0 Å². The Morgan fingerprint density at radius 1 is 1.17 bits per heavy atom. The molecule has 2 saturated carbocycles. The summed E-state index contributed by atoms with van der Waals surface area (Å²) in [4.78, 5) is 0. The van der Waals surface area contributed by atoms with Gasteiger partial charge in [-0.1, -0.05) is 43.7 Å². The SMILES string of the molecule is CC(CNCC1CC2CCC1C2)c1ccccc1. The van der Waals surface area contributed by atoms with Crippen molar-refractivity contribution >= 4 is 0 Å². The molecule has 4 atom stereocenters. The van der Waals surface area contributed by atoms with E-state index in [1.165, 1.54) is 37.8 Å². The Bertz CT molecular complexity index is 372. The summed E-state index contributed by atoms with van der Waals surface area (Å²) in [7, 11) is 0. The van der Waals surface area contributed by atoms with Crippen LogP contribution in [0.1, 0.15) is 44.1 Å². The summed E-state index contributed by atoms with van der Waals surface area (Å²) in [6.45, 7) is 4.69. The molecule has 0 aliphatic heterocycles. The van der Waals surface area contributed by atoms with Gasteiger partial charge in [0.25, 0.3) is 0 Å². The lowest BCUT2D eigenvalue weighted by Gasteiger charge is -2.23.